The minimum atomic E-state index is -0.490. The number of rotatable bonds is 2. The summed E-state index contributed by atoms with van der Waals surface area (Å²) >= 11 is 0. The van der Waals surface area contributed by atoms with Crippen molar-refractivity contribution in [2.24, 2.45) is 0 Å². The van der Waals surface area contributed by atoms with Gasteiger partial charge in [0.05, 0.1) is 24.4 Å². The van der Waals surface area contributed by atoms with Gasteiger partial charge < -0.3 is 19.3 Å². The number of fused-ring (bicyclic) bond motifs is 1. The Labute approximate surface area is 176 Å². The third-order valence-electron chi connectivity index (χ3n) is 6.09. The predicted molar refractivity (Wildman–Crippen MR) is 113 cm³/mol. The average molecular weight is 412 g/mol. The van der Waals surface area contributed by atoms with Gasteiger partial charge in [-0.3, -0.25) is 0 Å². The summed E-state index contributed by atoms with van der Waals surface area (Å²) in [6.07, 6.45) is 4.18. The summed E-state index contributed by atoms with van der Waals surface area (Å²) < 4.78 is 10.5. The Hall–Kier alpha value is -2.90. The first-order chi connectivity index (χ1) is 14.2. The van der Waals surface area contributed by atoms with E-state index < -0.39 is 11.6 Å². The fourth-order valence-corrected chi connectivity index (χ4v) is 4.44. The maximum absolute atomic E-state index is 12.6. The molecular formula is C22H28N4O4. The van der Waals surface area contributed by atoms with Crippen molar-refractivity contribution in [3.8, 4) is 0 Å². The van der Waals surface area contributed by atoms with E-state index in [1.165, 1.54) is 7.11 Å². The number of carbonyl (C=O) groups excluding carboxylic acids is 2. The lowest BCUT2D eigenvalue weighted by Gasteiger charge is -2.56. The van der Waals surface area contributed by atoms with E-state index >= 15 is 0 Å². The van der Waals surface area contributed by atoms with Crippen LogP contribution in [0.4, 0.5) is 10.5 Å². The van der Waals surface area contributed by atoms with Crippen molar-refractivity contribution in [3.05, 3.63) is 30.0 Å². The lowest BCUT2D eigenvalue weighted by atomic mass is 9.76. The number of hydrogen-bond donors (Lipinski definition) is 0. The Balaban J connectivity index is 1.53. The Kier molecular flexibility index (Phi) is 5.03. The van der Waals surface area contributed by atoms with Crippen molar-refractivity contribution in [1.82, 2.24) is 15.1 Å². The van der Waals surface area contributed by atoms with E-state index in [2.05, 4.69) is 15.1 Å². The minimum absolute atomic E-state index is 0.111. The van der Waals surface area contributed by atoms with Crippen LogP contribution < -0.4 is 4.90 Å². The van der Waals surface area contributed by atoms with Crippen LogP contribution in [0.1, 0.15) is 50.4 Å². The molecule has 8 nitrogen and oxygen atoms in total. The van der Waals surface area contributed by atoms with Gasteiger partial charge >= 0.3 is 12.1 Å². The van der Waals surface area contributed by atoms with Gasteiger partial charge in [-0.1, -0.05) is 0 Å². The number of methoxy groups -OCH3 is 1. The van der Waals surface area contributed by atoms with Crippen molar-refractivity contribution in [1.29, 1.82) is 0 Å². The second kappa shape index (κ2) is 7.41. The smallest absolute Gasteiger partial charge is 0.410 e. The number of ether oxygens (including phenoxy) is 2. The fourth-order valence-electron chi connectivity index (χ4n) is 4.44. The summed E-state index contributed by atoms with van der Waals surface area (Å²) in [4.78, 5) is 28.9. The molecule has 3 heterocycles. The summed E-state index contributed by atoms with van der Waals surface area (Å²) in [6, 6.07) is 5.57. The zero-order valence-electron chi connectivity index (χ0n) is 18.0. The van der Waals surface area contributed by atoms with Gasteiger partial charge in [0.2, 0.25) is 0 Å². The summed E-state index contributed by atoms with van der Waals surface area (Å²) in [5, 5.41) is 9.01. The van der Waals surface area contributed by atoms with Gasteiger partial charge in [-0.15, -0.1) is 5.10 Å². The molecule has 2 saturated heterocycles. The summed E-state index contributed by atoms with van der Waals surface area (Å²) in [5.41, 5.74) is 1.37. The van der Waals surface area contributed by atoms with Gasteiger partial charge in [0.1, 0.15) is 11.1 Å². The fraction of sp³-hybridized carbons (Fsp3) is 0.545. The number of nitrogens with zero attached hydrogens (tertiary/aromatic N) is 4. The maximum Gasteiger partial charge on any atom is 0.410 e. The molecule has 30 heavy (non-hydrogen) atoms. The molecule has 0 bridgehead atoms. The molecule has 0 unspecified atom stereocenters. The molecule has 0 radical (unpaired) electrons. The van der Waals surface area contributed by atoms with Crippen LogP contribution in [-0.2, 0) is 9.47 Å². The highest BCUT2D eigenvalue weighted by Crippen LogP contribution is 2.42. The zero-order chi connectivity index (χ0) is 21.5. The lowest BCUT2D eigenvalue weighted by Crippen LogP contribution is -2.66. The molecule has 1 spiro atoms. The first-order valence-electron chi connectivity index (χ1n) is 10.3. The standard InChI is InChI=1S/C22H28N4O4/c1-21(2,3)30-20(28)26-14-10-22(26)8-12-25(13-9-22)17-6-5-16(19(27)29-4)18-15(17)7-11-23-24-18/h5-7,11H,8-10,12-14H2,1-4H3. The molecule has 4 rings (SSSR count). The topological polar surface area (TPSA) is 84.9 Å². The van der Waals surface area contributed by atoms with E-state index in [9.17, 15) is 9.59 Å². The Morgan fingerprint density at radius 2 is 1.77 bits per heavy atom. The summed E-state index contributed by atoms with van der Waals surface area (Å²) in [6.45, 7) is 8.06. The number of anilines is 1. The van der Waals surface area contributed by atoms with E-state index in [1.807, 2.05) is 37.8 Å². The molecular weight excluding hydrogens is 384 g/mol. The largest absolute Gasteiger partial charge is 0.465 e. The van der Waals surface area contributed by atoms with Crippen LogP contribution >= 0.6 is 0 Å². The monoisotopic (exact) mass is 412 g/mol. The van der Waals surface area contributed by atoms with E-state index in [1.54, 1.807) is 12.3 Å². The number of hydrogen-bond acceptors (Lipinski definition) is 7. The molecule has 2 aromatic rings. The van der Waals surface area contributed by atoms with Crippen LogP contribution in [-0.4, -0.2) is 65.0 Å². The molecule has 1 amide bonds. The highest BCUT2D eigenvalue weighted by Gasteiger charge is 2.50. The number of aromatic nitrogens is 2. The average Bonchev–Trinajstić information content (AvgIpc) is 2.70. The lowest BCUT2D eigenvalue weighted by molar-refractivity contribution is -0.0541. The van der Waals surface area contributed by atoms with Crippen molar-refractivity contribution >= 4 is 28.7 Å². The van der Waals surface area contributed by atoms with Crippen molar-refractivity contribution in [2.75, 3.05) is 31.6 Å². The minimum Gasteiger partial charge on any atom is -0.465 e. The molecule has 1 aromatic carbocycles. The van der Waals surface area contributed by atoms with Crippen LogP contribution in [0.3, 0.4) is 0 Å². The van der Waals surface area contributed by atoms with E-state index in [0.717, 1.165) is 50.0 Å². The number of amides is 1. The molecule has 0 N–H and O–H groups in total. The Morgan fingerprint density at radius 3 is 2.37 bits per heavy atom. The molecule has 2 aliphatic heterocycles. The van der Waals surface area contributed by atoms with Gasteiger partial charge in [-0.2, -0.15) is 5.10 Å². The summed E-state index contributed by atoms with van der Waals surface area (Å²) in [5.74, 6) is -0.424. The Morgan fingerprint density at radius 1 is 1.07 bits per heavy atom. The number of likely N-dealkylation sites (tertiary alicyclic amines) is 1. The van der Waals surface area contributed by atoms with Crippen LogP contribution in [0.25, 0.3) is 10.9 Å². The van der Waals surface area contributed by atoms with Gasteiger partial charge in [-0.05, 0) is 58.2 Å². The molecule has 0 saturated carbocycles. The van der Waals surface area contributed by atoms with E-state index in [-0.39, 0.29) is 11.6 Å². The van der Waals surface area contributed by atoms with Crippen molar-refractivity contribution in [2.45, 2.75) is 51.2 Å². The van der Waals surface area contributed by atoms with Gasteiger partial charge in [0.25, 0.3) is 0 Å². The molecule has 160 valence electrons. The summed E-state index contributed by atoms with van der Waals surface area (Å²) in [7, 11) is 1.36. The van der Waals surface area contributed by atoms with Gasteiger partial charge in [0.15, 0.2) is 0 Å². The highest BCUT2D eigenvalue weighted by atomic mass is 16.6. The van der Waals surface area contributed by atoms with Gasteiger partial charge in [0, 0.05) is 30.7 Å². The first-order valence-corrected chi connectivity index (χ1v) is 10.3. The Bertz CT molecular complexity index is 977. The van der Waals surface area contributed by atoms with Crippen molar-refractivity contribution in [3.63, 3.8) is 0 Å². The van der Waals surface area contributed by atoms with Crippen LogP contribution in [0.15, 0.2) is 24.4 Å². The molecule has 1 aromatic heterocycles. The normalized spacial score (nSPS) is 18.3. The van der Waals surface area contributed by atoms with Crippen molar-refractivity contribution < 1.29 is 19.1 Å². The second-order valence-electron chi connectivity index (χ2n) is 9.01. The first kappa shape index (κ1) is 20.4. The van der Waals surface area contributed by atoms with Crippen LogP contribution in [0, 0.1) is 0 Å². The third kappa shape index (κ3) is 3.55. The number of carbonyl (C=O) groups is 2. The SMILES string of the molecule is COC(=O)c1ccc(N2CCC3(CC2)CCN3C(=O)OC(C)(C)C)c2ccnnc12. The zero-order valence-corrected chi connectivity index (χ0v) is 18.0. The predicted octanol–water partition coefficient (Wildman–Crippen LogP) is 3.40. The number of esters is 1. The maximum atomic E-state index is 12.6. The highest BCUT2D eigenvalue weighted by molar-refractivity contribution is 6.06. The molecule has 2 aliphatic rings. The van der Waals surface area contributed by atoms with E-state index in [0.29, 0.717) is 11.1 Å². The molecule has 0 atom stereocenters. The number of benzene rings is 1. The van der Waals surface area contributed by atoms with Gasteiger partial charge in [-0.25, -0.2) is 9.59 Å². The third-order valence-corrected chi connectivity index (χ3v) is 6.09. The molecule has 0 aliphatic carbocycles. The second-order valence-corrected chi connectivity index (χ2v) is 9.01. The molecule has 8 heteroatoms. The van der Waals surface area contributed by atoms with Crippen LogP contribution in [0.5, 0.6) is 0 Å². The van der Waals surface area contributed by atoms with Crippen LogP contribution in [0.2, 0.25) is 0 Å². The number of piperidine rings is 1. The van der Waals surface area contributed by atoms with E-state index in [4.69, 9.17) is 9.47 Å². The quantitative estimate of drug-likeness (QED) is 0.699. The molecule has 2 fully saturated rings.